The fourth-order valence-electron chi connectivity index (χ4n) is 3.50. The lowest BCUT2D eigenvalue weighted by atomic mass is 9.92. The van der Waals surface area contributed by atoms with Gasteiger partial charge in [0.2, 0.25) is 0 Å². The lowest BCUT2D eigenvalue weighted by molar-refractivity contribution is 0.0449. The second-order valence-electron chi connectivity index (χ2n) is 6.99. The fraction of sp³-hybridized carbons (Fsp3) is 0.611. The molecule has 7 heteroatoms. The van der Waals surface area contributed by atoms with E-state index in [1.165, 1.54) is 0 Å². The summed E-state index contributed by atoms with van der Waals surface area (Å²) in [5.41, 5.74) is 0.775. The van der Waals surface area contributed by atoms with Crippen LogP contribution < -0.4 is 10.6 Å². The van der Waals surface area contributed by atoms with Crippen LogP contribution in [0.25, 0.3) is 5.65 Å². The third-order valence-electron chi connectivity index (χ3n) is 4.89. The highest BCUT2D eigenvalue weighted by Crippen LogP contribution is 2.22. The molecule has 3 atom stereocenters. The van der Waals surface area contributed by atoms with Crippen LogP contribution in [0, 0.1) is 5.92 Å². The standard InChI is InChI=1S/C18H27N5O2/c1-12(2)16(17-22-21-15-10-6-7-11-23(15)17)20-18(24)19-13-8-4-5-9-14(13)25-3/h6-7,10-14,16H,4-5,8-9H2,1-3H3,(H2,19,20,24)/t13-,14-,16+/m1/s1. The molecule has 0 aromatic carbocycles. The molecule has 2 aromatic rings. The van der Waals surface area contributed by atoms with E-state index in [0.717, 1.165) is 37.2 Å². The van der Waals surface area contributed by atoms with Gasteiger partial charge in [-0.3, -0.25) is 4.40 Å². The molecule has 25 heavy (non-hydrogen) atoms. The second-order valence-corrected chi connectivity index (χ2v) is 6.99. The van der Waals surface area contributed by atoms with Gasteiger partial charge in [-0.05, 0) is 30.9 Å². The molecule has 2 N–H and O–H groups in total. The van der Waals surface area contributed by atoms with Crippen LogP contribution in [0.4, 0.5) is 4.79 Å². The molecular formula is C18H27N5O2. The maximum atomic E-state index is 12.6. The highest BCUT2D eigenvalue weighted by atomic mass is 16.5. The van der Waals surface area contributed by atoms with Crippen molar-refractivity contribution in [3.8, 4) is 0 Å². The Morgan fingerprint density at radius 2 is 2.08 bits per heavy atom. The maximum absolute atomic E-state index is 12.6. The van der Waals surface area contributed by atoms with E-state index in [1.807, 2.05) is 28.8 Å². The number of aromatic nitrogens is 3. The minimum Gasteiger partial charge on any atom is -0.379 e. The molecule has 136 valence electrons. The largest absolute Gasteiger partial charge is 0.379 e. The zero-order valence-electron chi connectivity index (χ0n) is 15.1. The first-order chi connectivity index (χ1) is 12.1. The summed E-state index contributed by atoms with van der Waals surface area (Å²) in [6.45, 7) is 4.13. The molecule has 2 amide bonds. The molecule has 7 nitrogen and oxygen atoms in total. The number of methoxy groups -OCH3 is 1. The van der Waals surface area contributed by atoms with Crippen LogP contribution in [0.1, 0.15) is 51.4 Å². The molecule has 3 rings (SSSR count). The molecule has 1 saturated carbocycles. The number of nitrogens with one attached hydrogen (secondary N) is 2. The van der Waals surface area contributed by atoms with Gasteiger partial charge in [0.25, 0.3) is 0 Å². The quantitative estimate of drug-likeness (QED) is 0.873. The number of pyridine rings is 1. The van der Waals surface area contributed by atoms with E-state index in [1.54, 1.807) is 7.11 Å². The van der Waals surface area contributed by atoms with E-state index in [4.69, 9.17) is 4.74 Å². The predicted molar refractivity (Wildman–Crippen MR) is 95.3 cm³/mol. The van der Waals surface area contributed by atoms with E-state index in [0.29, 0.717) is 0 Å². The summed E-state index contributed by atoms with van der Waals surface area (Å²) in [5.74, 6) is 0.926. The van der Waals surface area contributed by atoms with E-state index < -0.39 is 0 Å². The predicted octanol–water partition coefficient (Wildman–Crippen LogP) is 2.68. The molecule has 0 aliphatic heterocycles. The van der Waals surface area contributed by atoms with Crippen molar-refractivity contribution in [2.24, 2.45) is 5.92 Å². The number of hydrogen-bond acceptors (Lipinski definition) is 4. The summed E-state index contributed by atoms with van der Waals surface area (Å²) >= 11 is 0. The highest BCUT2D eigenvalue weighted by molar-refractivity contribution is 5.74. The van der Waals surface area contributed by atoms with Crippen molar-refractivity contribution < 1.29 is 9.53 Å². The SMILES string of the molecule is CO[C@@H]1CCCC[C@H]1NC(=O)N[C@H](c1nnc2ccccn12)C(C)C. The topological polar surface area (TPSA) is 80.5 Å². The van der Waals surface area contributed by atoms with E-state index in [9.17, 15) is 4.79 Å². The summed E-state index contributed by atoms with van der Waals surface area (Å²) in [5, 5.41) is 14.6. The van der Waals surface area contributed by atoms with Gasteiger partial charge in [0.15, 0.2) is 11.5 Å². The van der Waals surface area contributed by atoms with Crippen molar-refractivity contribution in [3.63, 3.8) is 0 Å². The molecule has 1 aliphatic carbocycles. The molecule has 1 fully saturated rings. The molecule has 2 heterocycles. The normalized spacial score (nSPS) is 22.1. The van der Waals surface area contributed by atoms with Crippen LogP contribution in [-0.4, -0.2) is 39.9 Å². The highest BCUT2D eigenvalue weighted by Gasteiger charge is 2.28. The Labute approximate surface area is 148 Å². The van der Waals surface area contributed by atoms with Gasteiger partial charge >= 0.3 is 6.03 Å². The average Bonchev–Trinajstić information content (AvgIpc) is 3.03. The Morgan fingerprint density at radius 1 is 1.28 bits per heavy atom. The molecule has 0 radical (unpaired) electrons. The summed E-state index contributed by atoms with van der Waals surface area (Å²) in [4.78, 5) is 12.6. The number of carbonyl (C=O) groups is 1. The number of nitrogens with zero attached hydrogens (tertiary/aromatic N) is 3. The Kier molecular flexibility index (Phi) is 5.53. The van der Waals surface area contributed by atoms with Gasteiger partial charge in [-0.2, -0.15) is 0 Å². The van der Waals surface area contributed by atoms with Crippen molar-refractivity contribution in [1.29, 1.82) is 0 Å². The van der Waals surface area contributed by atoms with Crippen molar-refractivity contribution in [3.05, 3.63) is 30.2 Å². The van der Waals surface area contributed by atoms with Crippen molar-refractivity contribution in [2.45, 2.75) is 57.7 Å². The minimum absolute atomic E-state index is 0.0571. The van der Waals surface area contributed by atoms with Gasteiger partial charge < -0.3 is 15.4 Å². The van der Waals surface area contributed by atoms with Crippen molar-refractivity contribution in [2.75, 3.05) is 7.11 Å². The molecule has 0 saturated heterocycles. The number of ether oxygens (including phenoxy) is 1. The Morgan fingerprint density at radius 3 is 2.84 bits per heavy atom. The molecule has 1 aliphatic rings. The van der Waals surface area contributed by atoms with Gasteiger partial charge in [-0.15, -0.1) is 10.2 Å². The first kappa shape index (κ1) is 17.7. The third kappa shape index (κ3) is 3.92. The monoisotopic (exact) mass is 345 g/mol. The smallest absolute Gasteiger partial charge is 0.315 e. The number of urea groups is 1. The lowest BCUT2D eigenvalue weighted by Gasteiger charge is -2.32. The number of rotatable bonds is 5. The van der Waals surface area contributed by atoms with Crippen LogP contribution in [-0.2, 0) is 4.74 Å². The summed E-state index contributed by atoms with van der Waals surface area (Å²) in [7, 11) is 1.71. The summed E-state index contributed by atoms with van der Waals surface area (Å²) in [6, 6.07) is 5.41. The Balaban J connectivity index is 1.72. The van der Waals surface area contributed by atoms with Gasteiger partial charge in [0.05, 0.1) is 18.2 Å². The Hall–Kier alpha value is -2.15. The molecule has 0 unspecified atom stereocenters. The van der Waals surface area contributed by atoms with Crippen LogP contribution in [0.15, 0.2) is 24.4 Å². The fourth-order valence-corrected chi connectivity index (χ4v) is 3.50. The molecule has 0 spiro atoms. The van der Waals surface area contributed by atoms with Crippen molar-refractivity contribution in [1.82, 2.24) is 25.2 Å². The number of hydrogen-bond donors (Lipinski definition) is 2. The zero-order valence-corrected chi connectivity index (χ0v) is 15.1. The van der Waals surface area contributed by atoms with Crippen LogP contribution >= 0.6 is 0 Å². The van der Waals surface area contributed by atoms with Crippen LogP contribution in [0.5, 0.6) is 0 Å². The first-order valence-corrected chi connectivity index (χ1v) is 8.99. The van der Waals surface area contributed by atoms with Gasteiger partial charge in [-0.1, -0.05) is 32.8 Å². The van der Waals surface area contributed by atoms with Gasteiger partial charge in [0.1, 0.15) is 0 Å². The number of amides is 2. The summed E-state index contributed by atoms with van der Waals surface area (Å²) in [6.07, 6.45) is 6.22. The minimum atomic E-state index is -0.220. The first-order valence-electron chi connectivity index (χ1n) is 8.99. The van der Waals surface area contributed by atoms with Crippen LogP contribution in [0.2, 0.25) is 0 Å². The second kappa shape index (κ2) is 7.82. The number of fused-ring (bicyclic) bond motifs is 1. The third-order valence-corrected chi connectivity index (χ3v) is 4.89. The van der Waals surface area contributed by atoms with Crippen LogP contribution in [0.3, 0.4) is 0 Å². The van der Waals surface area contributed by atoms with Gasteiger partial charge in [0, 0.05) is 13.3 Å². The van der Waals surface area contributed by atoms with Gasteiger partial charge in [-0.25, -0.2) is 4.79 Å². The number of carbonyl (C=O) groups excluding carboxylic acids is 1. The summed E-state index contributed by atoms with van der Waals surface area (Å²) < 4.78 is 7.44. The lowest BCUT2D eigenvalue weighted by Crippen LogP contribution is -2.50. The van der Waals surface area contributed by atoms with E-state index >= 15 is 0 Å². The molecule has 2 aromatic heterocycles. The average molecular weight is 345 g/mol. The maximum Gasteiger partial charge on any atom is 0.315 e. The van der Waals surface area contributed by atoms with E-state index in [2.05, 4.69) is 34.7 Å². The van der Waals surface area contributed by atoms with Crippen molar-refractivity contribution >= 4 is 11.7 Å². The zero-order chi connectivity index (χ0) is 17.8. The molecular weight excluding hydrogens is 318 g/mol. The Bertz CT molecular complexity index is 714. The molecule has 0 bridgehead atoms. The van der Waals surface area contributed by atoms with E-state index in [-0.39, 0.29) is 30.1 Å².